The highest BCUT2D eigenvalue weighted by Crippen LogP contribution is 2.43. The van der Waals surface area contributed by atoms with E-state index in [1.54, 1.807) is 6.92 Å². The molecular formula is C18H22O3. The van der Waals surface area contributed by atoms with E-state index in [2.05, 4.69) is 0 Å². The summed E-state index contributed by atoms with van der Waals surface area (Å²) in [5.41, 5.74) is 0.0789. The number of carbonyl (C=O) groups is 2. The average Bonchev–Trinajstić information content (AvgIpc) is 2.89. The fraction of sp³-hybridized carbons (Fsp3) is 0.444. The van der Waals surface area contributed by atoms with Crippen LogP contribution in [-0.2, 0) is 14.3 Å². The van der Waals surface area contributed by atoms with Crippen LogP contribution >= 0.6 is 0 Å². The lowest BCUT2D eigenvalue weighted by Crippen LogP contribution is -2.41. The van der Waals surface area contributed by atoms with Crippen molar-refractivity contribution < 1.29 is 14.3 Å². The summed E-state index contributed by atoms with van der Waals surface area (Å²) in [5.74, 6) is -0.504. The van der Waals surface area contributed by atoms with Gasteiger partial charge in [0.05, 0.1) is 6.61 Å². The molecule has 0 radical (unpaired) electrons. The first-order valence-electron chi connectivity index (χ1n) is 7.55. The standard InChI is InChI=1S/C18H22O3/c1-3-21-17(20)18(13-7-10-16(18)19)14(2)11-12-15-8-5-4-6-9-15/h4-6,8-9,11-12,14H,3,7,10,13H2,1-2H3/b12-11+/t14-,18-/m1/s1. The van der Waals surface area contributed by atoms with Crippen LogP contribution in [0.1, 0.15) is 38.7 Å². The SMILES string of the molecule is CCOC(=O)[C@@]1([C@H](C)/C=C/c2ccccc2)CCCC1=O. The molecule has 3 nitrogen and oxygen atoms in total. The number of rotatable bonds is 5. The minimum Gasteiger partial charge on any atom is -0.465 e. The van der Waals surface area contributed by atoms with Gasteiger partial charge in [-0.15, -0.1) is 0 Å². The van der Waals surface area contributed by atoms with Gasteiger partial charge in [0.1, 0.15) is 5.41 Å². The number of esters is 1. The molecule has 0 heterocycles. The molecular weight excluding hydrogens is 264 g/mol. The number of ether oxygens (including phenoxy) is 1. The van der Waals surface area contributed by atoms with E-state index in [1.807, 2.05) is 49.4 Å². The molecule has 0 amide bonds. The molecule has 0 unspecified atom stereocenters. The van der Waals surface area contributed by atoms with Crippen molar-refractivity contribution in [2.24, 2.45) is 11.3 Å². The van der Waals surface area contributed by atoms with Gasteiger partial charge in [-0.3, -0.25) is 9.59 Å². The smallest absolute Gasteiger partial charge is 0.320 e. The van der Waals surface area contributed by atoms with Gasteiger partial charge in [-0.1, -0.05) is 49.4 Å². The molecule has 1 aliphatic rings. The maximum Gasteiger partial charge on any atom is 0.320 e. The molecule has 0 bridgehead atoms. The topological polar surface area (TPSA) is 43.4 Å². The van der Waals surface area contributed by atoms with E-state index < -0.39 is 5.41 Å². The van der Waals surface area contributed by atoms with Crippen molar-refractivity contribution in [3.8, 4) is 0 Å². The highest BCUT2D eigenvalue weighted by molar-refractivity contribution is 6.05. The molecule has 0 saturated heterocycles. The second kappa shape index (κ2) is 6.70. The lowest BCUT2D eigenvalue weighted by atomic mass is 9.73. The molecule has 1 fully saturated rings. The third kappa shape index (κ3) is 3.07. The average molecular weight is 286 g/mol. The summed E-state index contributed by atoms with van der Waals surface area (Å²) in [6.45, 7) is 4.01. The quantitative estimate of drug-likeness (QED) is 0.613. The molecule has 21 heavy (non-hydrogen) atoms. The Kier molecular flexibility index (Phi) is 4.94. The van der Waals surface area contributed by atoms with Gasteiger partial charge in [0.15, 0.2) is 5.78 Å². The van der Waals surface area contributed by atoms with E-state index in [4.69, 9.17) is 4.74 Å². The molecule has 1 aromatic carbocycles. The molecule has 0 aromatic heterocycles. The summed E-state index contributed by atoms with van der Waals surface area (Å²) < 4.78 is 5.18. The summed E-state index contributed by atoms with van der Waals surface area (Å²) in [6.07, 6.45) is 5.75. The molecule has 3 heteroatoms. The second-order valence-electron chi connectivity index (χ2n) is 5.53. The second-order valence-corrected chi connectivity index (χ2v) is 5.53. The number of carbonyl (C=O) groups excluding carboxylic acids is 2. The first-order valence-corrected chi connectivity index (χ1v) is 7.55. The van der Waals surface area contributed by atoms with Crippen molar-refractivity contribution in [2.75, 3.05) is 6.61 Å². The predicted molar refractivity (Wildman–Crippen MR) is 82.6 cm³/mol. The predicted octanol–water partition coefficient (Wildman–Crippen LogP) is 3.64. The zero-order valence-electron chi connectivity index (χ0n) is 12.7. The lowest BCUT2D eigenvalue weighted by molar-refractivity contribution is -0.161. The van der Waals surface area contributed by atoms with Crippen molar-refractivity contribution in [1.29, 1.82) is 0 Å². The van der Waals surface area contributed by atoms with E-state index in [0.29, 0.717) is 19.4 Å². The van der Waals surface area contributed by atoms with Gasteiger partial charge in [-0.05, 0) is 31.2 Å². The van der Waals surface area contributed by atoms with Crippen molar-refractivity contribution in [3.05, 3.63) is 42.0 Å². The van der Waals surface area contributed by atoms with Gasteiger partial charge in [-0.25, -0.2) is 0 Å². The minimum atomic E-state index is -0.985. The number of allylic oxidation sites excluding steroid dienone is 1. The molecule has 0 aliphatic heterocycles. The molecule has 112 valence electrons. The zero-order chi connectivity index (χ0) is 15.3. The van der Waals surface area contributed by atoms with Crippen LogP contribution in [0.15, 0.2) is 36.4 Å². The Hall–Kier alpha value is -1.90. The first-order chi connectivity index (χ1) is 10.1. The minimum absolute atomic E-state index is 0.0196. The Morgan fingerprint density at radius 3 is 2.67 bits per heavy atom. The molecule has 1 aliphatic carbocycles. The van der Waals surface area contributed by atoms with E-state index >= 15 is 0 Å². The first kappa shape index (κ1) is 15.5. The van der Waals surface area contributed by atoms with Crippen LogP contribution in [0.2, 0.25) is 0 Å². The lowest BCUT2D eigenvalue weighted by Gasteiger charge is -2.29. The highest BCUT2D eigenvalue weighted by atomic mass is 16.5. The van der Waals surface area contributed by atoms with Gasteiger partial charge in [0.25, 0.3) is 0 Å². The summed E-state index contributed by atoms with van der Waals surface area (Å²) >= 11 is 0. The van der Waals surface area contributed by atoms with Crippen LogP contribution in [0.3, 0.4) is 0 Å². The number of ketones is 1. The summed E-state index contributed by atoms with van der Waals surface area (Å²) in [5, 5.41) is 0. The van der Waals surface area contributed by atoms with Gasteiger partial charge in [-0.2, -0.15) is 0 Å². The molecule has 0 spiro atoms. The third-order valence-corrected chi connectivity index (χ3v) is 4.27. The molecule has 1 saturated carbocycles. The maximum atomic E-state index is 12.4. The Morgan fingerprint density at radius 1 is 1.38 bits per heavy atom. The normalized spacial score (nSPS) is 23.4. The zero-order valence-corrected chi connectivity index (χ0v) is 12.7. The van der Waals surface area contributed by atoms with Crippen LogP contribution < -0.4 is 0 Å². The maximum absolute atomic E-state index is 12.4. The Labute approximate surface area is 126 Å². The van der Waals surface area contributed by atoms with Crippen molar-refractivity contribution in [1.82, 2.24) is 0 Å². The summed E-state index contributed by atoms with van der Waals surface area (Å²) in [4.78, 5) is 24.7. The fourth-order valence-corrected chi connectivity index (χ4v) is 3.02. The number of Topliss-reactive ketones (excluding diaryl/α,β-unsaturated/α-hetero) is 1. The Balaban J connectivity index is 2.23. The molecule has 2 atom stereocenters. The van der Waals surface area contributed by atoms with Gasteiger partial charge < -0.3 is 4.74 Å². The van der Waals surface area contributed by atoms with Crippen LogP contribution in [0, 0.1) is 11.3 Å². The van der Waals surface area contributed by atoms with Crippen molar-refractivity contribution in [3.63, 3.8) is 0 Å². The van der Waals surface area contributed by atoms with Gasteiger partial charge in [0, 0.05) is 6.42 Å². The number of hydrogen-bond donors (Lipinski definition) is 0. The number of hydrogen-bond acceptors (Lipinski definition) is 3. The van der Waals surface area contributed by atoms with Crippen molar-refractivity contribution >= 4 is 17.8 Å². The van der Waals surface area contributed by atoms with Crippen LogP contribution in [0.5, 0.6) is 0 Å². The van der Waals surface area contributed by atoms with Gasteiger partial charge >= 0.3 is 5.97 Å². The molecule has 1 aromatic rings. The van der Waals surface area contributed by atoms with E-state index in [0.717, 1.165) is 12.0 Å². The van der Waals surface area contributed by atoms with Crippen LogP contribution in [0.4, 0.5) is 0 Å². The molecule has 0 N–H and O–H groups in total. The van der Waals surface area contributed by atoms with Crippen LogP contribution in [0.25, 0.3) is 6.08 Å². The van der Waals surface area contributed by atoms with E-state index in [9.17, 15) is 9.59 Å². The van der Waals surface area contributed by atoms with Gasteiger partial charge in [0.2, 0.25) is 0 Å². The van der Waals surface area contributed by atoms with Crippen molar-refractivity contribution in [2.45, 2.75) is 33.1 Å². The highest BCUT2D eigenvalue weighted by Gasteiger charge is 2.52. The van der Waals surface area contributed by atoms with E-state index in [-0.39, 0.29) is 17.7 Å². The van der Waals surface area contributed by atoms with E-state index in [1.165, 1.54) is 0 Å². The Bertz CT molecular complexity index is 533. The summed E-state index contributed by atoms with van der Waals surface area (Å²) in [6, 6.07) is 9.88. The number of benzene rings is 1. The third-order valence-electron chi connectivity index (χ3n) is 4.27. The largest absolute Gasteiger partial charge is 0.465 e. The van der Waals surface area contributed by atoms with Crippen LogP contribution in [-0.4, -0.2) is 18.4 Å². The fourth-order valence-electron chi connectivity index (χ4n) is 3.02. The summed E-state index contributed by atoms with van der Waals surface area (Å²) in [7, 11) is 0. The Morgan fingerprint density at radius 2 is 2.10 bits per heavy atom. The molecule has 2 rings (SSSR count). The monoisotopic (exact) mass is 286 g/mol.